The van der Waals surface area contributed by atoms with Crippen LogP contribution in [0.2, 0.25) is 0 Å². The van der Waals surface area contributed by atoms with Gasteiger partial charge in [0.2, 0.25) is 0 Å². The van der Waals surface area contributed by atoms with Gasteiger partial charge in [-0.15, -0.1) is 0 Å². The van der Waals surface area contributed by atoms with E-state index in [-0.39, 0.29) is 5.54 Å². The zero-order valence-electron chi connectivity index (χ0n) is 9.38. The van der Waals surface area contributed by atoms with Crippen molar-refractivity contribution in [1.82, 2.24) is 9.88 Å². The summed E-state index contributed by atoms with van der Waals surface area (Å²) in [5.41, 5.74) is 7.11. The molecular weight excluding hydrogens is 174 g/mol. The third-order valence-corrected chi connectivity index (χ3v) is 2.24. The third kappa shape index (κ3) is 4.44. The molecule has 1 heterocycles. The van der Waals surface area contributed by atoms with E-state index in [1.807, 2.05) is 12.3 Å². The van der Waals surface area contributed by atoms with E-state index in [4.69, 9.17) is 5.73 Å². The van der Waals surface area contributed by atoms with E-state index in [0.717, 1.165) is 19.5 Å². The van der Waals surface area contributed by atoms with Crippen molar-refractivity contribution < 1.29 is 0 Å². The first-order chi connectivity index (χ1) is 6.47. The molecular formula is C11H21N3. The molecule has 0 unspecified atom stereocenters. The lowest BCUT2D eigenvalue weighted by atomic mass is 10.0. The predicted octanol–water partition coefficient (Wildman–Crippen LogP) is 1.57. The van der Waals surface area contributed by atoms with Gasteiger partial charge in [0.05, 0.1) is 0 Å². The summed E-state index contributed by atoms with van der Waals surface area (Å²) < 4.78 is 0. The van der Waals surface area contributed by atoms with Crippen molar-refractivity contribution in [2.24, 2.45) is 5.73 Å². The Kier molecular flexibility index (Phi) is 3.72. The van der Waals surface area contributed by atoms with Gasteiger partial charge in [-0.25, -0.2) is 0 Å². The molecule has 0 amide bonds. The first-order valence-corrected chi connectivity index (χ1v) is 5.07. The first kappa shape index (κ1) is 11.3. The van der Waals surface area contributed by atoms with Crippen LogP contribution >= 0.6 is 0 Å². The minimum Gasteiger partial charge on any atom is -0.364 e. The number of aromatic nitrogens is 1. The van der Waals surface area contributed by atoms with E-state index in [1.54, 1.807) is 0 Å². The molecule has 80 valence electrons. The lowest BCUT2D eigenvalue weighted by Crippen LogP contribution is -2.36. The predicted molar refractivity (Wildman–Crippen MR) is 60.0 cm³/mol. The summed E-state index contributed by atoms with van der Waals surface area (Å²) in [6, 6.07) is 4.13. The Hall–Kier alpha value is -0.800. The van der Waals surface area contributed by atoms with Gasteiger partial charge >= 0.3 is 0 Å². The van der Waals surface area contributed by atoms with E-state index in [0.29, 0.717) is 0 Å². The van der Waals surface area contributed by atoms with Crippen LogP contribution in [0.4, 0.5) is 0 Å². The number of nitrogens with one attached hydrogen (secondary N) is 1. The molecule has 14 heavy (non-hydrogen) atoms. The van der Waals surface area contributed by atoms with E-state index in [1.165, 1.54) is 5.69 Å². The molecule has 1 rings (SSSR count). The van der Waals surface area contributed by atoms with Crippen LogP contribution < -0.4 is 5.73 Å². The second-order valence-electron chi connectivity index (χ2n) is 4.67. The normalized spacial score (nSPS) is 12.4. The first-order valence-electron chi connectivity index (χ1n) is 5.07. The molecule has 3 heteroatoms. The highest BCUT2D eigenvalue weighted by molar-refractivity contribution is 5.03. The minimum absolute atomic E-state index is 0.0655. The average molecular weight is 195 g/mol. The lowest BCUT2D eigenvalue weighted by Gasteiger charge is -2.23. The molecule has 0 atom stereocenters. The molecule has 0 aliphatic rings. The number of hydrogen-bond acceptors (Lipinski definition) is 2. The van der Waals surface area contributed by atoms with Gasteiger partial charge in [-0.1, -0.05) is 0 Å². The van der Waals surface area contributed by atoms with E-state index < -0.39 is 0 Å². The molecule has 3 nitrogen and oxygen atoms in total. The van der Waals surface area contributed by atoms with Crippen molar-refractivity contribution in [1.29, 1.82) is 0 Å². The number of rotatable bonds is 5. The van der Waals surface area contributed by atoms with Crippen LogP contribution in [0.15, 0.2) is 18.3 Å². The Labute approximate surface area is 86.3 Å². The molecule has 0 radical (unpaired) electrons. The largest absolute Gasteiger partial charge is 0.364 e. The lowest BCUT2D eigenvalue weighted by molar-refractivity contribution is 0.286. The number of nitrogens with two attached hydrogens (primary N) is 1. The van der Waals surface area contributed by atoms with Gasteiger partial charge in [-0.3, -0.25) is 0 Å². The fraction of sp³-hybridized carbons (Fsp3) is 0.636. The molecule has 0 saturated carbocycles. The highest BCUT2D eigenvalue weighted by atomic mass is 15.1. The van der Waals surface area contributed by atoms with E-state index in [2.05, 4.69) is 36.8 Å². The number of H-pyrrole nitrogens is 1. The van der Waals surface area contributed by atoms with Gasteiger partial charge in [0, 0.05) is 24.0 Å². The highest BCUT2D eigenvalue weighted by Gasteiger charge is 2.11. The Morgan fingerprint density at radius 1 is 1.50 bits per heavy atom. The molecule has 0 aliphatic heterocycles. The molecule has 0 spiro atoms. The van der Waals surface area contributed by atoms with Gasteiger partial charge in [0.1, 0.15) is 0 Å². The van der Waals surface area contributed by atoms with Crippen LogP contribution in [0.1, 0.15) is 26.0 Å². The van der Waals surface area contributed by atoms with Crippen LogP contribution in [0, 0.1) is 0 Å². The molecule has 1 aromatic rings. The summed E-state index contributed by atoms with van der Waals surface area (Å²) in [5, 5.41) is 0. The molecule has 0 fully saturated rings. The van der Waals surface area contributed by atoms with Crippen LogP contribution in [0.5, 0.6) is 0 Å². The third-order valence-electron chi connectivity index (χ3n) is 2.24. The van der Waals surface area contributed by atoms with Gasteiger partial charge in [-0.2, -0.15) is 0 Å². The Morgan fingerprint density at radius 3 is 2.71 bits per heavy atom. The Morgan fingerprint density at radius 2 is 2.21 bits per heavy atom. The fourth-order valence-electron chi connectivity index (χ4n) is 1.31. The maximum atomic E-state index is 5.92. The van der Waals surface area contributed by atoms with Gasteiger partial charge in [0.25, 0.3) is 0 Å². The Balaban J connectivity index is 2.26. The summed E-state index contributed by atoms with van der Waals surface area (Å²) in [5.74, 6) is 0. The second-order valence-corrected chi connectivity index (χ2v) is 4.67. The number of hydrogen-bond donors (Lipinski definition) is 2. The summed E-state index contributed by atoms with van der Waals surface area (Å²) in [6.07, 6.45) is 2.97. The van der Waals surface area contributed by atoms with Gasteiger partial charge < -0.3 is 15.6 Å². The van der Waals surface area contributed by atoms with E-state index >= 15 is 0 Å². The van der Waals surface area contributed by atoms with Crippen molar-refractivity contribution in [3.05, 3.63) is 24.0 Å². The smallest absolute Gasteiger partial charge is 0.0382 e. The van der Waals surface area contributed by atoms with Gasteiger partial charge in [-0.05, 0) is 46.0 Å². The monoisotopic (exact) mass is 195 g/mol. The Bertz CT molecular complexity index is 246. The quantitative estimate of drug-likeness (QED) is 0.749. The van der Waals surface area contributed by atoms with Crippen LogP contribution in [0.25, 0.3) is 0 Å². The van der Waals surface area contributed by atoms with Crippen molar-refractivity contribution in [2.45, 2.75) is 32.4 Å². The summed E-state index contributed by atoms with van der Waals surface area (Å²) in [6.45, 7) is 6.12. The molecule has 0 aliphatic carbocycles. The highest BCUT2D eigenvalue weighted by Crippen LogP contribution is 2.06. The van der Waals surface area contributed by atoms with Crippen LogP contribution in [-0.2, 0) is 6.54 Å². The maximum Gasteiger partial charge on any atom is 0.0382 e. The molecule has 0 saturated heterocycles. The summed E-state index contributed by atoms with van der Waals surface area (Å²) in [4.78, 5) is 5.47. The molecule has 0 aromatic carbocycles. The van der Waals surface area contributed by atoms with Crippen molar-refractivity contribution >= 4 is 0 Å². The molecule has 0 bridgehead atoms. The minimum atomic E-state index is -0.0655. The van der Waals surface area contributed by atoms with Crippen molar-refractivity contribution in [3.63, 3.8) is 0 Å². The topological polar surface area (TPSA) is 45.0 Å². The summed E-state index contributed by atoms with van der Waals surface area (Å²) >= 11 is 0. The zero-order valence-corrected chi connectivity index (χ0v) is 9.38. The summed E-state index contributed by atoms with van der Waals surface area (Å²) in [7, 11) is 2.12. The standard InChI is InChI=1S/C11H21N3/c1-11(2,12)6-8-14(3)9-10-5-4-7-13-10/h4-5,7,13H,6,8-9,12H2,1-3H3. The van der Waals surface area contributed by atoms with Gasteiger partial charge in [0.15, 0.2) is 0 Å². The zero-order chi connectivity index (χ0) is 10.6. The van der Waals surface area contributed by atoms with Crippen molar-refractivity contribution in [2.75, 3.05) is 13.6 Å². The second kappa shape index (κ2) is 4.62. The molecule has 1 aromatic heterocycles. The van der Waals surface area contributed by atoms with Crippen molar-refractivity contribution in [3.8, 4) is 0 Å². The average Bonchev–Trinajstić information content (AvgIpc) is 2.52. The number of aromatic amines is 1. The van der Waals surface area contributed by atoms with Crippen LogP contribution in [-0.4, -0.2) is 29.0 Å². The SMILES string of the molecule is CN(CCC(C)(C)N)Cc1ccc[nH]1. The number of nitrogens with zero attached hydrogens (tertiary/aromatic N) is 1. The molecule has 3 N–H and O–H groups in total. The maximum absolute atomic E-state index is 5.92. The van der Waals surface area contributed by atoms with Crippen LogP contribution in [0.3, 0.4) is 0 Å². The van der Waals surface area contributed by atoms with E-state index in [9.17, 15) is 0 Å². The fourth-order valence-corrected chi connectivity index (χ4v) is 1.31.